The molecule has 0 aliphatic heterocycles. The summed E-state index contributed by atoms with van der Waals surface area (Å²) in [5, 5.41) is 14.0. The lowest BCUT2D eigenvalue weighted by molar-refractivity contribution is 0.158. The Balaban J connectivity index is 2.15. The molecule has 2 aromatic rings. The van der Waals surface area contributed by atoms with Gasteiger partial charge in [-0.2, -0.15) is 15.1 Å². The van der Waals surface area contributed by atoms with E-state index in [0.717, 1.165) is 30.0 Å². The van der Waals surface area contributed by atoms with Crippen molar-refractivity contribution in [1.29, 1.82) is 0 Å². The van der Waals surface area contributed by atoms with Crippen LogP contribution in [0.2, 0.25) is 0 Å². The Morgan fingerprint density at radius 2 is 2.17 bits per heavy atom. The zero-order chi connectivity index (χ0) is 12.8. The van der Waals surface area contributed by atoms with E-state index in [1.54, 1.807) is 6.20 Å². The third-order valence-corrected chi connectivity index (χ3v) is 2.39. The third-order valence-electron chi connectivity index (χ3n) is 2.39. The van der Waals surface area contributed by atoms with E-state index in [1.807, 2.05) is 13.8 Å². The molecule has 0 amide bonds. The first-order valence-corrected chi connectivity index (χ1v) is 6.11. The van der Waals surface area contributed by atoms with Crippen LogP contribution in [0.4, 0.5) is 11.8 Å². The van der Waals surface area contributed by atoms with Crippen molar-refractivity contribution in [3.8, 4) is 0 Å². The molecule has 3 N–H and O–H groups in total. The number of fused-ring (bicyclic) bond motifs is 1. The minimum Gasteiger partial charge on any atom is -0.380 e. The summed E-state index contributed by atoms with van der Waals surface area (Å²) in [7, 11) is 0. The Morgan fingerprint density at radius 3 is 2.94 bits per heavy atom. The summed E-state index contributed by atoms with van der Waals surface area (Å²) in [6.07, 6.45) is 1.72. The van der Waals surface area contributed by atoms with Gasteiger partial charge in [-0.25, -0.2) is 0 Å². The van der Waals surface area contributed by atoms with Crippen LogP contribution in [-0.2, 0) is 4.74 Å². The molecule has 0 unspecified atom stereocenters. The largest absolute Gasteiger partial charge is 0.380 e. The van der Waals surface area contributed by atoms with Crippen molar-refractivity contribution >= 4 is 22.8 Å². The number of aromatic nitrogens is 4. The van der Waals surface area contributed by atoms with Crippen LogP contribution in [0.1, 0.15) is 13.8 Å². The summed E-state index contributed by atoms with van der Waals surface area (Å²) in [5.74, 6) is 1.36. The highest BCUT2D eigenvalue weighted by molar-refractivity contribution is 5.86. The second-order valence-corrected chi connectivity index (χ2v) is 3.68. The smallest absolute Gasteiger partial charge is 0.226 e. The average molecular weight is 250 g/mol. The van der Waals surface area contributed by atoms with Crippen molar-refractivity contribution in [3.63, 3.8) is 0 Å². The molecule has 98 valence electrons. The summed E-state index contributed by atoms with van der Waals surface area (Å²) in [6.45, 7) is 6.82. The molecule has 7 nitrogen and oxygen atoms in total. The van der Waals surface area contributed by atoms with Crippen molar-refractivity contribution in [2.75, 3.05) is 36.9 Å². The third kappa shape index (κ3) is 2.86. The predicted molar refractivity (Wildman–Crippen MR) is 70.8 cm³/mol. The number of H-pyrrole nitrogens is 1. The highest BCUT2D eigenvalue weighted by Crippen LogP contribution is 2.19. The lowest BCUT2D eigenvalue weighted by Gasteiger charge is -2.08. The van der Waals surface area contributed by atoms with Gasteiger partial charge < -0.3 is 15.4 Å². The quantitative estimate of drug-likeness (QED) is 0.641. The number of aromatic amines is 1. The van der Waals surface area contributed by atoms with Gasteiger partial charge in [-0.3, -0.25) is 5.10 Å². The molecular weight excluding hydrogens is 232 g/mol. The van der Waals surface area contributed by atoms with Crippen LogP contribution in [0, 0.1) is 0 Å². The summed E-state index contributed by atoms with van der Waals surface area (Å²) in [6, 6.07) is 0. The van der Waals surface area contributed by atoms with E-state index in [2.05, 4.69) is 30.8 Å². The molecule has 0 aromatic carbocycles. The molecule has 0 bridgehead atoms. The maximum absolute atomic E-state index is 5.28. The Bertz CT molecular complexity index is 497. The van der Waals surface area contributed by atoms with E-state index in [1.165, 1.54) is 0 Å². The van der Waals surface area contributed by atoms with Crippen molar-refractivity contribution in [2.45, 2.75) is 13.8 Å². The number of ether oxygens (including phenoxy) is 1. The SMILES string of the molecule is CCNc1nc(NCCOCC)c2cn[nH]c2n1. The normalized spacial score (nSPS) is 10.8. The molecule has 7 heteroatoms. The van der Waals surface area contributed by atoms with Gasteiger partial charge in [-0.05, 0) is 13.8 Å². The highest BCUT2D eigenvalue weighted by Gasteiger charge is 2.08. The average Bonchev–Trinajstić information content (AvgIpc) is 2.83. The molecule has 2 heterocycles. The number of rotatable bonds is 7. The van der Waals surface area contributed by atoms with Gasteiger partial charge in [0.25, 0.3) is 0 Å². The molecule has 0 saturated heterocycles. The first-order chi connectivity index (χ1) is 8.85. The van der Waals surface area contributed by atoms with E-state index < -0.39 is 0 Å². The van der Waals surface area contributed by atoms with E-state index in [0.29, 0.717) is 19.1 Å². The minimum absolute atomic E-state index is 0.591. The van der Waals surface area contributed by atoms with Crippen molar-refractivity contribution in [1.82, 2.24) is 20.2 Å². The number of anilines is 2. The number of hydrogen-bond donors (Lipinski definition) is 3. The molecular formula is C11H18N6O. The molecule has 0 aliphatic carbocycles. The lowest BCUT2D eigenvalue weighted by Crippen LogP contribution is -2.12. The molecule has 2 rings (SSSR count). The van der Waals surface area contributed by atoms with Crippen molar-refractivity contribution < 1.29 is 4.74 Å². The summed E-state index contributed by atoms with van der Waals surface area (Å²) < 4.78 is 5.28. The molecule has 18 heavy (non-hydrogen) atoms. The molecule has 0 saturated carbocycles. The van der Waals surface area contributed by atoms with Gasteiger partial charge in [-0.1, -0.05) is 0 Å². The van der Waals surface area contributed by atoms with Gasteiger partial charge in [-0.15, -0.1) is 0 Å². The second kappa shape index (κ2) is 6.15. The lowest BCUT2D eigenvalue weighted by atomic mass is 10.4. The van der Waals surface area contributed by atoms with Crippen molar-refractivity contribution in [3.05, 3.63) is 6.20 Å². The van der Waals surface area contributed by atoms with Crippen LogP contribution in [0.3, 0.4) is 0 Å². The monoisotopic (exact) mass is 250 g/mol. The summed E-state index contributed by atoms with van der Waals surface area (Å²) in [5.41, 5.74) is 0.722. The number of nitrogens with zero attached hydrogens (tertiary/aromatic N) is 3. The summed E-state index contributed by atoms with van der Waals surface area (Å²) in [4.78, 5) is 8.73. The van der Waals surface area contributed by atoms with Gasteiger partial charge >= 0.3 is 0 Å². The predicted octanol–water partition coefficient (Wildman–Crippen LogP) is 1.23. The molecule has 0 spiro atoms. The van der Waals surface area contributed by atoms with Gasteiger partial charge in [0.05, 0.1) is 18.2 Å². The molecule has 0 fully saturated rings. The van der Waals surface area contributed by atoms with E-state index in [-0.39, 0.29) is 0 Å². The van der Waals surface area contributed by atoms with E-state index >= 15 is 0 Å². The number of nitrogens with one attached hydrogen (secondary N) is 3. The first-order valence-electron chi connectivity index (χ1n) is 6.11. The van der Waals surface area contributed by atoms with Crippen LogP contribution in [-0.4, -0.2) is 46.5 Å². The standard InChI is InChI=1S/C11H18N6O/c1-3-12-11-15-9(13-5-6-18-4-2)8-7-14-17-10(8)16-11/h7H,3-6H2,1-2H3,(H3,12,13,14,15,16,17). The second-order valence-electron chi connectivity index (χ2n) is 3.68. The molecule has 0 aliphatic rings. The Morgan fingerprint density at radius 1 is 1.28 bits per heavy atom. The van der Waals surface area contributed by atoms with Gasteiger partial charge in [0.15, 0.2) is 5.65 Å². The summed E-state index contributed by atoms with van der Waals surface area (Å²) >= 11 is 0. The fraction of sp³-hybridized carbons (Fsp3) is 0.545. The zero-order valence-electron chi connectivity index (χ0n) is 10.7. The van der Waals surface area contributed by atoms with Crippen LogP contribution in [0.5, 0.6) is 0 Å². The van der Waals surface area contributed by atoms with Gasteiger partial charge in [0.1, 0.15) is 5.82 Å². The zero-order valence-corrected chi connectivity index (χ0v) is 10.7. The Hall–Kier alpha value is -1.89. The van der Waals surface area contributed by atoms with E-state index in [9.17, 15) is 0 Å². The molecule has 0 atom stereocenters. The minimum atomic E-state index is 0.591. The fourth-order valence-corrected chi connectivity index (χ4v) is 1.59. The van der Waals surface area contributed by atoms with Crippen molar-refractivity contribution in [2.24, 2.45) is 0 Å². The van der Waals surface area contributed by atoms with Crippen LogP contribution in [0.25, 0.3) is 11.0 Å². The van der Waals surface area contributed by atoms with Crippen LogP contribution < -0.4 is 10.6 Å². The maximum atomic E-state index is 5.28. The topological polar surface area (TPSA) is 87.8 Å². The Kier molecular flexibility index (Phi) is 4.30. The highest BCUT2D eigenvalue weighted by atomic mass is 16.5. The van der Waals surface area contributed by atoms with Gasteiger partial charge in [0.2, 0.25) is 5.95 Å². The first kappa shape index (κ1) is 12.6. The maximum Gasteiger partial charge on any atom is 0.226 e. The number of hydrogen-bond acceptors (Lipinski definition) is 6. The van der Waals surface area contributed by atoms with Gasteiger partial charge in [0, 0.05) is 19.7 Å². The molecule has 0 radical (unpaired) electrons. The Labute approximate surface area is 105 Å². The van der Waals surface area contributed by atoms with Crippen LogP contribution in [0.15, 0.2) is 6.20 Å². The molecule has 2 aromatic heterocycles. The van der Waals surface area contributed by atoms with E-state index in [4.69, 9.17) is 4.74 Å². The van der Waals surface area contributed by atoms with Crippen LogP contribution >= 0.6 is 0 Å². The fourth-order valence-electron chi connectivity index (χ4n) is 1.59.